The molecule has 0 saturated carbocycles. The van der Waals surface area contributed by atoms with Crippen molar-refractivity contribution in [1.82, 2.24) is 10.3 Å². The Hall–Kier alpha value is -2.93. The summed E-state index contributed by atoms with van der Waals surface area (Å²) in [6.07, 6.45) is 3.99. The Labute approximate surface area is 146 Å². The number of carbonyl (C=O) groups is 2. The van der Waals surface area contributed by atoms with E-state index in [1.807, 2.05) is 18.2 Å². The van der Waals surface area contributed by atoms with Crippen LogP contribution >= 0.6 is 0 Å². The van der Waals surface area contributed by atoms with Crippen LogP contribution in [0, 0.1) is 0 Å². The van der Waals surface area contributed by atoms with E-state index in [4.69, 9.17) is 4.74 Å². The van der Waals surface area contributed by atoms with Crippen molar-refractivity contribution in [1.29, 1.82) is 0 Å². The summed E-state index contributed by atoms with van der Waals surface area (Å²) in [7, 11) is 1.58. The fourth-order valence-corrected chi connectivity index (χ4v) is 2.75. The van der Waals surface area contributed by atoms with Crippen LogP contribution in [0.25, 0.3) is 0 Å². The largest absolute Gasteiger partial charge is 0.383 e. The first-order valence-corrected chi connectivity index (χ1v) is 8.07. The lowest BCUT2D eigenvalue weighted by Crippen LogP contribution is -2.31. The molecule has 1 aliphatic rings. The van der Waals surface area contributed by atoms with Crippen LogP contribution in [0.15, 0.2) is 42.7 Å². The number of methoxy groups -OCH3 is 1. The van der Waals surface area contributed by atoms with Gasteiger partial charge in [-0.2, -0.15) is 0 Å². The predicted octanol–water partition coefficient (Wildman–Crippen LogP) is 2.05. The SMILES string of the molecule is COCCNC(=O)Nc1ccc2c(c1)N(C(=O)c1cccnc1)CC2. The number of anilines is 2. The second kappa shape index (κ2) is 7.76. The third-order valence-electron chi connectivity index (χ3n) is 3.98. The van der Waals surface area contributed by atoms with Crippen molar-refractivity contribution in [3.8, 4) is 0 Å². The fourth-order valence-electron chi connectivity index (χ4n) is 2.75. The highest BCUT2D eigenvalue weighted by molar-refractivity contribution is 6.07. The molecule has 0 spiro atoms. The van der Waals surface area contributed by atoms with E-state index in [9.17, 15) is 9.59 Å². The summed E-state index contributed by atoms with van der Waals surface area (Å²) in [6, 6.07) is 8.79. The molecular formula is C18H20N4O3. The number of amides is 3. The van der Waals surface area contributed by atoms with Crippen LogP contribution in [0.3, 0.4) is 0 Å². The maximum Gasteiger partial charge on any atom is 0.319 e. The number of rotatable bonds is 5. The molecule has 1 aromatic carbocycles. The van der Waals surface area contributed by atoms with Crippen molar-refractivity contribution < 1.29 is 14.3 Å². The minimum atomic E-state index is -0.305. The van der Waals surface area contributed by atoms with Crippen LogP contribution in [0.1, 0.15) is 15.9 Å². The third-order valence-corrected chi connectivity index (χ3v) is 3.98. The van der Waals surface area contributed by atoms with Gasteiger partial charge in [0.25, 0.3) is 5.91 Å². The maximum absolute atomic E-state index is 12.7. The number of hydrogen-bond acceptors (Lipinski definition) is 4. The van der Waals surface area contributed by atoms with Gasteiger partial charge in [0.15, 0.2) is 0 Å². The molecule has 7 heteroatoms. The summed E-state index contributed by atoms with van der Waals surface area (Å²) in [5.74, 6) is -0.0893. The summed E-state index contributed by atoms with van der Waals surface area (Å²) < 4.78 is 4.89. The highest BCUT2D eigenvalue weighted by Gasteiger charge is 2.26. The average Bonchev–Trinajstić information content (AvgIpc) is 3.05. The number of urea groups is 1. The Morgan fingerprint density at radius 1 is 1.32 bits per heavy atom. The smallest absolute Gasteiger partial charge is 0.319 e. The van der Waals surface area contributed by atoms with E-state index in [0.717, 1.165) is 17.7 Å². The fraction of sp³-hybridized carbons (Fsp3) is 0.278. The molecule has 2 aromatic rings. The summed E-state index contributed by atoms with van der Waals surface area (Å²) in [4.78, 5) is 30.3. The number of pyridine rings is 1. The summed E-state index contributed by atoms with van der Waals surface area (Å²) in [6.45, 7) is 1.50. The van der Waals surface area contributed by atoms with Crippen molar-refractivity contribution in [3.05, 3.63) is 53.9 Å². The minimum Gasteiger partial charge on any atom is -0.383 e. The van der Waals surface area contributed by atoms with Gasteiger partial charge in [-0.1, -0.05) is 6.07 Å². The quantitative estimate of drug-likeness (QED) is 0.816. The summed E-state index contributed by atoms with van der Waals surface area (Å²) in [5, 5.41) is 5.47. The molecule has 7 nitrogen and oxygen atoms in total. The van der Waals surface area contributed by atoms with Gasteiger partial charge in [0, 0.05) is 44.0 Å². The Morgan fingerprint density at radius 3 is 2.96 bits per heavy atom. The lowest BCUT2D eigenvalue weighted by Gasteiger charge is -2.18. The molecular weight excluding hydrogens is 320 g/mol. The first-order valence-electron chi connectivity index (χ1n) is 8.07. The van der Waals surface area contributed by atoms with E-state index in [0.29, 0.717) is 30.9 Å². The van der Waals surface area contributed by atoms with E-state index in [-0.39, 0.29) is 11.9 Å². The standard InChI is InChI=1S/C18H20N4O3/c1-25-10-8-20-18(24)21-15-5-4-13-6-9-22(16(13)11-15)17(23)14-3-2-7-19-12-14/h2-5,7,11-12H,6,8-10H2,1H3,(H2,20,21,24). The van der Waals surface area contributed by atoms with Crippen LogP contribution in [0.4, 0.5) is 16.2 Å². The Morgan fingerprint density at radius 2 is 2.20 bits per heavy atom. The van der Waals surface area contributed by atoms with Crippen molar-refractivity contribution in [2.75, 3.05) is 37.0 Å². The molecule has 0 unspecified atom stereocenters. The third kappa shape index (κ3) is 3.95. The molecule has 0 radical (unpaired) electrons. The van der Waals surface area contributed by atoms with Crippen LogP contribution in [-0.2, 0) is 11.2 Å². The molecule has 3 amide bonds. The number of nitrogens with one attached hydrogen (secondary N) is 2. The Kier molecular flexibility index (Phi) is 5.25. The molecule has 1 aliphatic heterocycles. The van der Waals surface area contributed by atoms with Crippen molar-refractivity contribution in [2.24, 2.45) is 0 Å². The minimum absolute atomic E-state index is 0.0893. The van der Waals surface area contributed by atoms with E-state index in [2.05, 4.69) is 15.6 Å². The Bertz CT molecular complexity index is 764. The van der Waals surface area contributed by atoms with Gasteiger partial charge in [-0.15, -0.1) is 0 Å². The van der Waals surface area contributed by atoms with Crippen LogP contribution in [-0.4, -0.2) is 43.7 Å². The average molecular weight is 340 g/mol. The predicted molar refractivity (Wildman–Crippen MR) is 95.0 cm³/mol. The van der Waals surface area contributed by atoms with Gasteiger partial charge < -0.3 is 20.3 Å². The topological polar surface area (TPSA) is 83.6 Å². The summed E-state index contributed by atoms with van der Waals surface area (Å²) in [5.41, 5.74) is 3.09. The normalized spacial score (nSPS) is 12.6. The molecule has 3 rings (SSSR count). The molecule has 0 aliphatic carbocycles. The van der Waals surface area contributed by atoms with Gasteiger partial charge in [0.05, 0.1) is 12.2 Å². The number of fused-ring (bicyclic) bond motifs is 1. The monoisotopic (exact) mass is 340 g/mol. The number of carbonyl (C=O) groups excluding carboxylic acids is 2. The lowest BCUT2D eigenvalue weighted by atomic mass is 10.1. The molecule has 0 saturated heterocycles. The first-order chi connectivity index (χ1) is 12.2. The van der Waals surface area contributed by atoms with E-state index >= 15 is 0 Å². The zero-order chi connectivity index (χ0) is 17.6. The number of ether oxygens (including phenoxy) is 1. The molecule has 25 heavy (non-hydrogen) atoms. The van der Waals surface area contributed by atoms with Crippen LogP contribution < -0.4 is 15.5 Å². The molecule has 0 atom stereocenters. The zero-order valence-electron chi connectivity index (χ0n) is 14.0. The van der Waals surface area contributed by atoms with E-state index < -0.39 is 0 Å². The van der Waals surface area contributed by atoms with E-state index in [1.165, 1.54) is 0 Å². The summed E-state index contributed by atoms with van der Waals surface area (Å²) >= 11 is 0. The number of hydrogen-bond donors (Lipinski definition) is 2. The van der Waals surface area contributed by atoms with Crippen molar-refractivity contribution >= 4 is 23.3 Å². The van der Waals surface area contributed by atoms with Gasteiger partial charge in [0.1, 0.15) is 0 Å². The number of nitrogens with zero attached hydrogens (tertiary/aromatic N) is 2. The van der Waals surface area contributed by atoms with Crippen molar-refractivity contribution in [2.45, 2.75) is 6.42 Å². The van der Waals surface area contributed by atoms with E-state index in [1.54, 1.807) is 36.5 Å². The molecule has 2 N–H and O–H groups in total. The molecule has 1 aromatic heterocycles. The molecule has 130 valence electrons. The Balaban J connectivity index is 1.73. The van der Waals surface area contributed by atoms with Gasteiger partial charge in [-0.05, 0) is 36.2 Å². The maximum atomic E-state index is 12.7. The number of aromatic nitrogens is 1. The second-order valence-corrected chi connectivity index (χ2v) is 5.67. The van der Waals surface area contributed by atoms with Gasteiger partial charge in [0.2, 0.25) is 0 Å². The van der Waals surface area contributed by atoms with Gasteiger partial charge in [-0.25, -0.2) is 4.79 Å². The highest BCUT2D eigenvalue weighted by atomic mass is 16.5. The van der Waals surface area contributed by atoms with Crippen LogP contribution in [0.5, 0.6) is 0 Å². The zero-order valence-corrected chi connectivity index (χ0v) is 14.0. The van der Waals surface area contributed by atoms with Crippen LogP contribution in [0.2, 0.25) is 0 Å². The molecule has 0 bridgehead atoms. The lowest BCUT2D eigenvalue weighted by molar-refractivity contribution is 0.0989. The highest BCUT2D eigenvalue weighted by Crippen LogP contribution is 2.31. The van der Waals surface area contributed by atoms with Gasteiger partial charge in [-0.3, -0.25) is 9.78 Å². The molecule has 0 fully saturated rings. The molecule has 2 heterocycles. The first kappa shape index (κ1) is 16.9. The van der Waals surface area contributed by atoms with Gasteiger partial charge >= 0.3 is 6.03 Å². The van der Waals surface area contributed by atoms with Crippen molar-refractivity contribution in [3.63, 3.8) is 0 Å². The second-order valence-electron chi connectivity index (χ2n) is 5.67. The number of benzene rings is 1.